The van der Waals surface area contributed by atoms with Crippen LogP contribution in [0.4, 0.5) is 0 Å². The zero-order valence-corrected chi connectivity index (χ0v) is 15.4. The van der Waals surface area contributed by atoms with Crippen molar-refractivity contribution in [3.8, 4) is 11.7 Å². The van der Waals surface area contributed by atoms with Crippen LogP contribution in [0.5, 0.6) is 0 Å². The molecule has 1 amide bonds. The van der Waals surface area contributed by atoms with Crippen molar-refractivity contribution in [2.75, 3.05) is 5.75 Å². The molecule has 0 bridgehead atoms. The molecule has 2 heterocycles. The van der Waals surface area contributed by atoms with Crippen LogP contribution in [0.1, 0.15) is 18.5 Å². The summed E-state index contributed by atoms with van der Waals surface area (Å²) in [6.07, 6.45) is 1.52. The third-order valence-corrected chi connectivity index (χ3v) is 4.65. The summed E-state index contributed by atoms with van der Waals surface area (Å²) >= 11 is 13.2. The molecule has 2 aromatic heterocycles. The predicted molar refractivity (Wildman–Crippen MR) is 95.7 cm³/mol. The third-order valence-electron chi connectivity index (χ3n) is 3.27. The Balaban J connectivity index is 1.54. The molecule has 0 spiro atoms. The van der Waals surface area contributed by atoms with E-state index in [0.717, 1.165) is 17.3 Å². The molecule has 1 unspecified atom stereocenters. The van der Waals surface area contributed by atoms with Gasteiger partial charge in [0.15, 0.2) is 5.76 Å². The first kappa shape index (κ1) is 17.8. The summed E-state index contributed by atoms with van der Waals surface area (Å²) in [4.78, 5) is 12.1. The number of nitrogens with zero attached hydrogens (tertiary/aromatic N) is 2. The molecule has 0 aliphatic heterocycles. The summed E-state index contributed by atoms with van der Waals surface area (Å²) in [6.45, 7) is 1.85. The second-order valence-electron chi connectivity index (χ2n) is 5.09. The van der Waals surface area contributed by atoms with Crippen molar-refractivity contribution >= 4 is 40.9 Å². The van der Waals surface area contributed by atoms with E-state index in [4.69, 9.17) is 32.0 Å². The molecule has 0 saturated heterocycles. The highest BCUT2D eigenvalue weighted by Crippen LogP contribution is 2.27. The minimum atomic E-state index is -0.251. The van der Waals surface area contributed by atoms with Crippen LogP contribution in [-0.4, -0.2) is 21.9 Å². The van der Waals surface area contributed by atoms with Crippen molar-refractivity contribution in [2.24, 2.45) is 0 Å². The van der Waals surface area contributed by atoms with Gasteiger partial charge in [0.05, 0.1) is 18.1 Å². The number of hydrogen-bond acceptors (Lipinski definition) is 6. The van der Waals surface area contributed by atoms with Gasteiger partial charge in [-0.1, -0.05) is 41.0 Å². The second kappa shape index (κ2) is 7.95. The first-order chi connectivity index (χ1) is 12.0. The molecule has 6 nitrogen and oxygen atoms in total. The fourth-order valence-electron chi connectivity index (χ4n) is 2.11. The second-order valence-corrected chi connectivity index (χ2v) is 6.86. The van der Waals surface area contributed by atoms with Crippen molar-refractivity contribution in [3.63, 3.8) is 0 Å². The molecule has 1 atom stereocenters. The van der Waals surface area contributed by atoms with Gasteiger partial charge in [-0.2, -0.15) is 0 Å². The van der Waals surface area contributed by atoms with E-state index in [2.05, 4.69) is 15.5 Å². The maximum Gasteiger partial charge on any atom is 0.284 e. The molecule has 25 heavy (non-hydrogen) atoms. The Kier molecular flexibility index (Phi) is 5.67. The zero-order chi connectivity index (χ0) is 17.8. The van der Waals surface area contributed by atoms with E-state index in [1.807, 2.05) is 6.92 Å². The summed E-state index contributed by atoms with van der Waals surface area (Å²) in [5, 5.41) is 12.0. The van der Waals surface area contributed by atoms with Crippen LogP contribution in [0.3, 0.4) is 0 Å². The molecule has 0 aliphatic carbocycles. The molecule has 0 fully saturated rings. The monoisotopic (exact) mass is 397 g/mol. The van der Waals surface area contributed by atoms with E-state index in [0.29, 0.717) is 21.0 Å². The van der Waals surface area contributed by atoms with Crippen LogP contribution in [0.25, 0.3) is 11.7 Å². The molecule has 0 aliphatic rings. The first-order valence-electron chi connectivity index (χ1n) is 7.27. The highest BCUT2D eigenvalue weighted by molar-refractivity contribution is 7.99. The van der Waals surface area contributed by atoms with Gasteiger partial charge in [-0.15, -0.1) is 10.2 Å². The smallest absolute Gasteiger partial charge is 0.284 e. The summed E-state index contributed by atoms with van der Waals surface area (Å²) in [5.41, 5.74) is 0.794. The fraction of sp³-hybridized carbons (Fsp3) is 0.188. The van der Waals surface area contributed by atoms with Gasteiger partial charge in [0.25, 0.3) is 11.1 Å². The minimum Gasteiger partial charge on any atom is -0.459 e. The number of amides is 1. The summed E-state index contributed by atoms with van der Waals surface area (Å²) in [5.74, 6) is 0.709. The Morgan fingerprint density at radius 2 is 2.16 bits per heavy atom. The third kappa shape index (κ3) is 4.56. The van der Waals surface area contributed by atoms with Crippen molar-refractivity contribution in [3.05, 3.63) is 52.2 Å². The number of hydrogen-bond donors (Lipinski definition) is 1. The molecule has 1 aromatic carbocycles. The Bertz CT molecular complexity index is 867. The molecule has 0 radical (unpaired) electrons. The van der Waals surface area contributed by atoms with Crippen LogP contribution in [0, 0.1) is 0 Å². The summed E-state index contributed by atoms with van der Waals surface area (Å²) in [6, 6.07) is 8.35. The fourth-order valence-corrected chi connectivity index (χ4v) is 3.26. The topological polar surface area (TPSA) is 81.2 Å². The van der Waals surface area contributed by atoms with E-state index in [1.165, 1.54) is 6.26 Å². The van der Waals surface area contributed by atoms with Gasteiger partial charge in [-0.25, -0.2) is 0 Å². The van der Waals surface area contributed by atoms with Gasteiger partial charge in [0.1, 0.15) is 0 Å². The predicted octanol–water partition coefficient (Wildman–Crippen LogP) is 4.61. The standard InChI is InChI=1S/C16H13Cl2N3O3S/c1-9(11-5-4-10(17)7-12(11)18)19-14(22)8-25-16-21-20-15(24-16)13-3-2-6-23-13/h2-7,9H,8H2,1H3,(H,19,22). The van der Waals surface area contributed by atoms with E-state index >= 15 is 0 Å². The van der Waals surface area contributed by atoms with Crippen molar-refractivity contribution in [1.82, 2.24) is 15.5 Å². The molecule has 3 aromatic rings. The Morgan fingerprint density at radius 3 is 2.88 bits per heavy atom. The van der Waals surface area contributed by atoms with Gasteiger partial charge >= 0.3 is 0 Å². The number of thioether (sulfide) groups is 1. The van der Waals surface area contributed by atoms with Gasteiger partial charge in [-0.3, -0.25) is 4.79 Å². The number of carbonyl (C=O) groups excluding carboxylic acids is 1. The Hall–Kier alpha value is -1.96. The first-order valence-corrected chi connectivity index (χ1v) is 9.01. The van der Waals surface area contributed by atoms with Crippen LogP contribution in [-0.2, 0) is 4.79 Å². The average Bonchev–Trinajstić information content (AvgIpc) is 3.24. The molecule has 3 rings (SSSR count). The zero-order valence-electron chi connectivity index (χ0n) is 13.0. The summed E-state index contributed by atoms with van der Waals surface area (Å²) < 4.78 is 10.6. The minimum absolute atomic E-state index is 0.134. The number of halogens is 2. The van der Waals surface area contributed by atoms with Gasteiger partial charge in [0, 0.05) is 10.0 Å². The van der Waals surface area contributed by atoms with Crippen LogP contribution < -0.4 is 5.32 Å². The van der Waals surface area contributed by atoms with Gasteiger partial charge in [-0.05, 0) is 36.8 Å². The van der Waals surface area contributed by atoms with Crippen LogP contribution in [0.15, 0.2) is 50.7 Å². The van der Waals surface area contributed by atoms with E-state index in [9.17, 15) is 4.79 Å². The lowest BCUT2D eigenvalue weighted by Crippen LogP contribution is -2.28. The van der Waals surface area contributed by atoms with E-state index < -0.39 is 0 Å². The number of nitrogens with one attached hydrogen (secondary N) is 1. The number of benzene rings is 1. The quantitative estimate of drug-likeness (QED) is 0.611. The molecule has 9 heteroatoms. The van der Waals surface area contributed by atoms with Crippen LogP contribution >= 0.6 is 35.0 Å². The Labute approximate surface area is 157 Å². The van der Waals surface area contributed by atoms with Crippen LogP contribution in [0.2, 0.25) is 10.0 Å². The van der Waals surface area contributed by atoms with Crippen molar-refractivity contribution in [2.45, 2.75) is 18.2 Å². The molecule has 0 saturated carbocycles. The highest BCUT2D eigenvalue weighted by Gasteiger charge is 2.16. The number of aromatic nitrogens is 2. The SMILES string of the molecule is CC(NC(=O)CSc1nnc(-c2ccco2)o1)c1ccc(Cl)cc1Cl. The van der Waals surface area contributed by atoms with Crippen molar-refractivity contribution in [1.29, 1.82) is 0 Å². The summed E-state index contributed by atoms with van der Waals surface area (Å²) in [7, 11) is 0. The normalized spacial score (nSPS) is 12.1. The molecule has 1 N–H and O–H groups in total. The largest absolute Gasteiger partial charge is 0.459 e. The van der Waals surface area contributed by atoms with Crippen molar-refractivity contribution < 1.29 is 13.6 Å². The van der Waals surface area contributed by atoms with Gasteiger partial charge in [0.2, 0.25) is 5.91 Å². The molecular formula is C16H13Cl2N3O3S. The number of rotatable bonds is 6. The lowest BCUT2D eigenvalue weighted by atomic mass is 10.1. The molecular weight excluding hydrogens is 385 g/mol. The lowest BCUT2D eigenvalue weighted by molar-refractivity contribution is -0.119. The maximum atomic E-state index is 12.1. The highest BCUT2D eigenvalue weighted by atomic mass is 35.5. The van der Waals surface area contributed by atoms with E-state index in [1.54, 1.807) is 30.3 Å². The number of carbonyl (C=O) groups is 1. The maximum absolute atomic E-state index is 12.1. The molecule has 130 valence electrons. The van der Waals surface area contributed by atoms with Gasteiger partial charge < -0.3 is 14.2 Å². The Morgan fingerprint density at radius 1 is 1.32 bits per heavy atom. The van der Waals surface area contributed by atoms with E-state index in [-0.39, 0.29) is 23.6 Å². The average molecular weight is 398 g/mol. The lowest BCUT2D eigenvalue weighted by Gasteiger charge is -2.15. The number of furan rings is 1.